The van der Waals surface area contributed by atoms with Crippen molar-refractivity contribution in [2.24, 2.45) is 5.92 Å². The fourth-order valence-electron chi connectivity index (χ4n) is 3.91. The standard InChI is InChI=1S/C23H26N4O3S2/c1-15-11-17(3)20(12-16(15)2)21-14-31-23(25-21)26-22(28)18-6-9-27(10-7-18)32(29,30)19-5-4-8-24-13-19/h4-5,8,11-14,18H,6-7,9-10H2,1-3H3,(H,25,26,28). The third-order valence-electron chi connectivity index (χ3n) is 5.95. The van der Waals surface area contributed by atoms with Crippen molar-refractivity contribution in [2.45, 2.75) is 38.5 Å². The minimum absolute atomic E-state index is 0.110. The number of nitrogens with zero attached hydrogens (tertiary/aromatic N) is 3. The Bertz CT molecular complexity index is 1230. The van der Waals surface area contributed by atoms with E-state index in [-0.39, 0.29) is 16.7 Å². The predicted molar refractivity (Wildman–Crippen MR) is 126 cm³/mol. The number of carbonyl (C=O) groups excluding carboxylic acids is 1. The van der Waals surface area contributed by atoms with Crippen LogP contribution in [-0.4, -0.2) is 41.7 Å². The van der Waals surface area contributed by atoms with Crippen LogP contribution in [-0.2, 0) is 14.8 Å². The van der Waals surface area contributed by atoms with Gasteiger partial charge in [-0.3, -0.25) is 9.78 Å². The molecule has 7 nitrogen and oxygen atoms in total. The number of rotatable bonds is 5. The van der Waals surface area contributed by atoms with Gasteiger partial charge >= 0.3 is 0 Å². The second-order valence-corrected chi connectivity index (χ2v) is 10.9. The van der Waals surface area contributed by atoms with Gasteiger partial charge in [0.05, 0.1) is 5.69 Å². The molecule has 2 aromatic heterocycles. The summed E-state index contributed by atoms with van der Waals surface area (Å²) in [5, 5.41) is 5.44. The van der Waals surface area contributed by atoms with Crippen LogP contribution in [0.25, 0.3) is 11.3 Å². The second kappa shape index (κ2) is 9.09. The molecule has 3 aromatic rings. The molecule has 0 spiro atoms. The summed E-state index contributed by atoms with van der Waals surface area (Å²) in [5.74, 6) is -0.354. The molecule has 1 amide bonds. The van der Waals surface area contributed by atoms with Crippen LogP contribution >= 0.6 is 11.3 Å². The average molecular weight is 471 g/mol. The molecule has 0 saturated carbocycles. The number of aryl methyl sites for hydroxylation is 3. The Morgan fingerprint density at radius 3 is 2.53 bits per heavy atom. The van der Waals surface area contributed by atoms with E-state index in [0.29, 0.717) is 31.1 Å². The molecule has 0 unspecified atom stereocenters. The fourth-order valence-corrected chi connectivity index (χ4v) is 6.05. The normalized spacial score (nSPS) is 15.6. The second-order valence-electron chi connectivity index (χ2n) is 8.15. The van der Waals surface area contributed by atoms with Gasteiger partial charge in [0.1, 0.15) is 4.90 Å². The summed E-state index contributed by atoms with van der Waals surface area (Å²) in [6.07, 6.45) is 3.84. The summed E-state index contributed by atoms with van der Waals surface area (Å²) in [4.78, 5) is 21.5. The Morgan fingerprint density at radius 2 is 1.84 bits per heavy atom. The first-order valence-electron chi connectivity index (χ1n) is 10.5. The molecular formula is C23H26N4O3S2. The van der Waals surface area contributed by atoms with Crippen molar-refractivity contribution in [1.29, 1.82) is 0 Å². The number of thiazole rings is 1. The average Bonchev–Trinajstić information content (AvgIpc) is 3.25. The van der Waals surface area contributed by atoms with Crippen molar-refractivity contribution in [3.63, 3.8) is 0 Å². The molecule has 0 bridgehead atoms. The fraction of sp³-hybridized carbons (Fsp3) is 0.348. The van der Waals surface area contributed by atoms with E-state index in [0.717, 1.165) is 16.8 Å². The first-order valence-corrected chi connectivity index (χ1v) is 12.8. The molecule has 0 atom stereocenters. The smallest absolute Gasteiger partial charge is 0.244 e. The predicted octanol–water partition coefficient (Wildman–Crippen LogP) is 4.17. The van der Waals surface area contributed by atoms with Gasteiger partial charge in [0.2, 0.25) is 15.9 Å². The Labute approximate surface area is 192 Å². The zero-order chi connectivity index (χ0) is 22.9. The molecule has 1 aliphatic heterocycles. The van der Waals surface area contributed by atoms with E-state index in [4.69, 9.17) is 0 Å². The van der Waals surface area contributed by atoms with E-state index in [1.165, 1.54) is 33.0 Å². The summed E-state index contributed by atoms with van der Waals surface area (Å²) in [5.41, 5.74) is 5.52. The third kappa shape index (κ3) is 4.60. The van der Waals surface area contributed by atoms with Gasteiger partial charge in [-0.25, -0.2) is 13.4 Å². The highest BCUT2D eigenvalue weighted by Gasteiger charge is 2.32. The van der Waals surface area contributed by atoms with Crippen molar-refractivity contribution in [1.82, 2.24) is 14.3 Å². The SMILES string of the molecule is Cc1cc(C)c(-c2csc(NC(=O)C3CCN(S(=O)(=O)c4cccnc4)CC3)n2)cc1C. The Balaban J connectivity index is 1.39. The maximum Gasteiger partial charge on any atom is 0.244 e. The van der Waals surface area contributed by atoms with Crippen LogP contribution < -0.4 is 5.32 Å². The van der Waals surface area contributed by atoms with Crippen LogP contribution in [0.1, 0.15) is 29.5 Å². The summed E-state index contributed by atoms with van der Waals surface area (Å²) < 4.78 is 26.9. The summed E-state index contributed by atoms with van der Waals surface area (Å²) in [6.45, 7) is 6.84. The Hall–Kier alpha value is -2.62. The molecule has 168 valence electrons. The Morgan fingerprint density at radius 1 is 1.12 bits per heavy atom. The van der Waals surface area contributed by atoms with Crippen molar-refractivity contribution in [3.05, 3.63) is 58.7 Å². The van der Waals surface area contributed by atoms with Gasteiger partial charge in [0.25, 0.3) is 0 Å². The van der Waals surface area contributed by atoms with Crippen molar-refractivity contribution < 1.29 is 13.2 Å². The van der Waals surface area contributed by atoms with Gasteiger partial charge in [-0.05, 0) is 68.5 Å². The lowest BCUT2D eigenvalue weighted by atomic mass is 9.97. The molecule has 0 radical (unpaired) electrons. The van der Waals surface area contributed by atoms with Crippen molar-refractivity contribution in [3.8, 4) is 11.3 Å². The van der Waals surface area contributed by atoms with Crippen molar-refractivity contribution >= 4 is 32.4 Å². The highest BCUT2D eigenvalue weighted by Crippen LogP contribution is 2.30. The molecule has 3 heterocycles. The van der Waals surface area contributed by atoms with E-state index >= 15 is 0 Å². The summed E-state index contributed by atoms with van der Waals surface area (Å²) in [6, 6.07) is 7.42. The van der Waals surface area contributed by atoms with Gasteiger partial charge in [-0.2, -0.15) is 4.31 Å². The lowest BCUT2D eigenvalue weighted by molar-refractivity contribution is -0.120. The number of amides is 1. The largest absolute Gasteiger partial charge is 0.302 e. The number of nitrogens with one attached hydrogen (secondary N) is 1. The van der Waals surface area contributed by atoms with Crippen LogP contribution in [0.15, 0.2) is 46.9 Å². The van der Waals surface area contributed by atoms with E-state index in [1.54, 1.807) is 18.3 Å². The number of carbonyl (C=O) groups is 1. The lowest BCUT2D eigenvalue weighted by Crippen LogP contribution is -2.41. The maximum absolute atomic E-state index is 12.8. The first kappa shape index (κ1) is 22.6. The van der Waals surface area contributed by atoms with Gasteiger partial charge in [-0.15, -0.1) is 11.3 Å². The molecule has 1 N–H and O–H groups in total. The molecule has 1 aromatic carbocycles. The van der Waals surface area contributed by atoms with E-state index in [1.807, 2.05) is 5.38 Å². The van der Waals surface area contributed by atoms with Crippen LogP contribution in [0.3, 0.4) is 0 Å². The lowest BCUT2D eigenvalue weighted by Gasteiger charge is -2.30. The minimum Gasteiger partial charge on any atom is -0.302 e. The van der Waals surface area contributed by atoms with E-state index < -0.39 is 10.0 Å². The van der Waals surface area contributed by atoms with Gasteiger partial charge in [0.15, 0.2) is 5.13 Å². The number of piperidine rings is 1. The minimum atomic E-state index is -3.58. The van der Waals surface area contributed by atoms with E-state index in [2.05, 4.69) is 48.2 Å². The highest BCUT2D eigenvalue weighted by molar-refractivity contribution is 7.89. The summed E-state index contributed by atoms with van der Waals surface area (Å²) >= 11 is 1.40. The number of hydrogen-bond donors (Lipinski definition) is 1. The molecule has 1 aliphatic rings. The van der Waals surface area contributed by atoms with Crippen molar-refractivity contribution in [2.75, 3.05) is 18.4 Å². The van der Waals surface area contributed by atoms with Crippen LogP contribution in [0.5, 0.6) is 0 Å². The topological polar surface area (TPSA) is 92.3 Å². The quantitative estimate of drug-likeness (QED) is 0.604. The summed E-state index contributed by atoms with van der Waals surface area (Å²) in [7, 11) is -3.58. The monoisotopic (exact) mass is 470 g/mol. The maximum atomic E-state index is 12.8. The molecule has 4 rings (SSSR count). The third-order valence-corrected chi connectivity index (χ3v) is 8.59. The molecule has 0 aliphatic carbocycles. The zero-order valence-corrected chi connectivity index (χ0v) is 20.0. The van der Waals surface area contributed by atoms with Crippen LogP contribution in [0, 0.1) is 26.7 Å². The first-order chi connectivity index (χ1) is 15.3. The molecule has 9 heteroatoms. The molecular weight excluding hydrogens is 444 g/mol. The number of sulfonamides is 1. The number of hydrogen-bond acceptors (Lipinski definition) is 6. The Kier molecular flexibility index (Phi) is 6.41. The molecule has 1 saturated heterocycles. The van der Waals surface area contributed by atoms with Gasteiger partial charge in [0, 0.05) is 42.3 Å². The van der Waals surface area contributed by atoms with Crippen LogP contribution in [0.4, 0.5) is 5.13 Å². The number of pyridine rings is 1. The zero-order valence-electron chi connectivity index (χ0n) is 18.3. The number of aromatic nitrogens is 2. The number of anilines is 1. The molecule has 32 heavy (non-hydrogen) atoms. The van der Waals surface area contributed by atoms with Gasteiger partial charge in [-0.1, -0.05) is 6.07 Å². The van der Waals surface area contributed by atoms with Crippen LogP contribution in [0.2, 0.25) is 0 Å². The van der Waals surface area contributed by atoms with Gasteiger partial charge < -0.3 is 5.32 Å². The highest BCUT2D eigenvalue weighted by atomic mass is 32.2. The number of benzene rings is 1. The molecule has 1 fully saturated rings. The van der Waals surface area contributed by atoms with E-state index in [9.17, 15) is 13.2 Å².